The van der Waals surface area contributed by atoms with Crippen molar-refractivity contribution < 1.29 is 13.9 Å². The van der Waals surface area contributed by atoms with Gasteiger partial charge in [-0.05, 0) is 31.5 Å². The summed E-state index contributed by atoms with van der Waals surface area (Å²) < 4.78 is 19.8. The van der Waals surface area contributed by atoms with Gasteiger partial charge in [0.05, 0.1) is 11.7 Å². The van der Waals surface area contributed by atoms with E-state index in [-0.39, 0.29) is 23.2 Å². The second-order valence-electron chi connectivity index (χ2n) is 6.65. The molecule has 0 aliphatic carbocycles. The molecule has 0 radical (unpaired) electrons. The zero-order chi connectivity index (χ0) is 19.1. The van der Waals surface area contributed by atoms with Crippen molar-refractivity contribution in [2.24, 2.45) is 12.8 Å². The first-order valence-electron chi connectivity index (χ1n) is 7.95. The molecular formula is C18H19FN4O3. The highest BCUT2D eigenvalue weighted by Gasteiger charge is 2.26. The molecule has 0 unspecified atom stereocenters. The van der Waals surface area contributed by atoms with E-state index < -0.39 is 16.8 Å². The predicted molar refractivity (Wildman–Crippen MR) is 93.1 cm³/mol. The van der Waals surface area contributed by atoms with E-state index in [1.165, 1.54) is 29.9 Å². The Hall–Kier alpha value is -3.00. The Balaban J connectivity index is 2.00. The Bertz CT molecular complexity index is 1000. The van der Waals surface area contributed by atoms with Crippen LogP contribution in [-0.4, -0.2) is 19.6 Å². The molecule has 7 nitrogen and oxygen atoms in total. The second-order valence-corrected chi connectivity index (χ2v) is 6.65. The minimum absolute atomic E-state index is 0.0165. The summed E-state index contributed by atoms with van der Waals surface area (Å²) in [7, 11) is 1.48. The van der Waals surface area contributed by atoms with Gasteiger partial charge in [0.15, 0.2) is 5.69 Å². The van der Waals surface area contributed by atoms with Crippen LogP contribution >= 0.6 is 0 Å². The molecule has 2 aromatic heterocycles. The Morgan fingerprint density at radius 2 is 1.96 bits per heavy atom. The van der Waals surface area contributed by atoms with Crippen molar-refractivity contribution in [3.8, 4) is 17.3 Å². The topological polar surface area (TPSA) is 107 Å². The maximum absolute atomic E-state index is 13.0. The minimum atomic E-state index is -0.903. The largest absolute Gasteiger partial charge is 0.501 e. The van der Waals surface area contributed by atoms with Gasteiger partial charge in [-0.25, -0.2) is 14.4 Å². The van der Waals surface area contributed by atoms with Crippen molar-refractivity contribution >= 4 is 0 Å². The quantitative estimate of drug-likeness (QED) is 0.739. The van der Waals surface area contributed by atoms with Gasteiger partial charge < -0.3 is 15.3 Å². The maximum Gasteiger partial charge on any atom is 0.296 e. The van der Waals surface area contributed by atoms with Crippen molar-refractivity contribution in [3.05, 3.63) is 63.8 Å². The summed E-state index contributed by atoms with van der Waals surface area (Å²) in [6.07, 6.45) is 1.86. The monoisotopic (exact) mass is 358 g/mol. The lowest BCUT2D eigenvalue weighted by Gasteiger charge is -2.21. The molecule has 0 saturated carbocycles. The third-order valence-corrected chi connectivity index (χ3v) is 3.89. The molecule has 0 atom stereocenters. The predicted octanol–water partition coefficient (Wildman–Crippen LogP) is 2.06. The average molecular weight is 358 g/mol. The third kappa shape index (κ3) is 3.36. The van der Waals surface area contributed by atoms with E-state index in [1.54, 1.807) is 26.0 Å². The number of benzene rings is 1. The lowest BCUT2D eigenvalue weighted by atomic mass is 10.1. The van der Waals surface area contributed by atoms with Gasteiger partial charge in [-0.1, -0.05) is 12.1 Å². The number of hydrogen-bond acceptors (Lipinski definition) is 6. The Morgan fingerprint density at radius 1 is 1.31 bits per heavy atom. The van der Waals surface area contributed by atoms with E-state index in [1.807, 2.05) is 0 Å². The fourth-order valence-corrected chi connectivity index (χ4v) is 2.62. The van der Waals surface area contributed by atoms with Gasteiger partial charge in [-0.2, -0.15) is 0 Å². The Morgan fingerprint density at radius 3 is 2.58 bits per heavy atom. The molecule has 0 aliphatic rings. The SMILES string of the molecule is Cn1c(C(C)(C)N)nc(-c2ncc(Cc3ccc(F)cc3)o2)c(O)c1=O. The standard InChI is InChI=1S/C18H19FN4O3/c1-18(2,20)17-22-13(14(24)16(25)23(17)3)15-21-9-12(26-15)8-10-4-6-11(19)7-5-10/h4-7,9,24H,8,20H2,1-3H3. The van der Waals surface area contributed by atoms with Gasteiger partial charge in [0.2, 0.25) is 11.6 Å². The molecule has 2 heterocycles. The highest BCUT2D eigenvalue weighted by Crippen LogP contribution is 2.26. The van der Waals surface area contributed by atoms with E-state index in [4.69, 9.17) is 10.2 Å². The van der Waals surface area contributed by atoms with Crippen molar-refractivity contribution in [1.82, 2.24) is 14.5 Å². The van der Waals surface area contributed by atoms with Gasteiger partial charge in [0.1, 0.15) is 17.4 Å². The van der Waals surface area contributed by atoms with Crippen LogP contribution in [0.4, 0.5) is 4.39 Å². The number of hydrogen-bond donors (Lipinski definition) is 2. The van der Waals surface area contributed by atoms with Crippen LogP contribution in [0.2, 0.25) is 0 Å². The molecule has 0 spiro atoms. The van der Waals surface area contributed by atoms with Gasteiger partial charge in [-0.3, -0.25) is 9.36 Å². The molecule has 0 amide bonds. The van der Waals surface area contributed by atoms with Crippen molar-refractivity contribution in [1.29, 1.82) is 0 Å². The molecule has 26 heavy (non-hydrogen) atoms. The summed E-state index contributed by atoms with van der Waals surface area (Å²) in [6.45, 7) is 3.40. The molecule has 8 heteroatoms. The lowest BCUT2D eigenvalue weighted by Crippen LogP contribution is -2.37. The third-order valence-electron chi connectivity index (χ3n) is 3.89. The number of halogens is 1. The first-order chi connectivity index (χ1) is 12.2. The molecule has 0 bridgehead atoms. The van der Waals surface area contributed by atoms with Gasteiger partial charge in [-0.15, -0.1) is 0 Å². The number of rotatable bonds is 4. The van der Waals surface area contributed by atoms with E-state index in [0.717, 1.165) is 5.56 Å². The Kier molecular flexibility index (Phi) is 4.37. The normalized spacial score (nSPS) is 11.7. The number of nitrogens with zero attached hydrogens (tertiary/aromatic N) is 3. The van der Waals surface area contributed by atoms with Crippen molar-refractivity contribution in [3.63, 3.8) is 0 Å². The van der Waals surface area contributed by atoms with Crippen molar-refractivity contribution in [2.45, 2.75) is 25.8 Å². The first kappa shape index (κ1) is 17.8. The molecule has 0 saturated heterocycles. The van der Waals surface area contributed by atoms with Crippen molar-refractivity contribution in [2.75, 3.05) is 0 Å². The minimum Gasteiger partial charge on any atom is -0.501 e. The van der Waals surface area contributed by atoms with Gasteiger partial charge >= 0.3 is 0 Å². The highest BCUT2D eigenvalue weighted by atomic mass is 19.1. The lowest BCUT2D eigenvalue weighted by molar-refractivity contribution is 0.429. The van der Waals surface area contributed by atoms with Crippen LogP contribution < -0.4 is 11.3 Å². The summed E-state index contributed by atoms with van der Waals surface area (Å²) in [5.74, 6) is -0.0905. The van der Waals surface area contributed by atoms with Gasteiger partial charge in [0, 0.05) is 13.5 Å². The molecular weight excluding hydrogens is 339 g/mol. The molecule has 0 fully saturated rings. The average Bonchev–Trinajstić information content (AvgIpc) is 3.02. The number of aromatic nitrogens is 3. The zero-order valence-electron chi connectivity index (χ0n) is 14.7. The van der Waals surface area contributed by atoms with Crippen LogP contribution in [0.25, 0.3) is 11.6 Å². The first-order valence-corrected chi connectivity index (χ1v) is 7.95. The molecule has 3 N–H and O–H groups in total. The summed E-state index contributed by atoms with van der Waals surface area (Å²) >= 11 is 0. The number of aromatic hydroxyl groups is 1. The molecule has 1 aromatic carbocycles. The number of nitrogens with two attached hydrogens (primary N) is 1. The smallest absolute Gasteiger partial charge is 0.296 e. The summed E-state index contributed by atoms with van der Waals surface area (Å²) in [5.41, 5.74) is 5.29. The van der Waals surface area contributed by atoms with E-state index in [0.29, 0.717) is 12.2 Å². The number of oxazole rings is 1. The zero-order valence-corrected chi connectivity index (χ0v) is 14.7. The summed E-state index contributed by atoms with van der Waals surface area (Å²) in [4.78, 5) is 20.7. The molecule has 136 valence electrons. The Labute approximate surface area is 148 Å². The molecule has 0 aliphatic heterocycles. The van der Waals surface area contributed by atoms with Crippen LogP contribution in [-0.2, 0) is 19.0 Å². The molecule has 3 aromatic rings. The van der Waals surface area contributed by atoms with E-state index in [9.17, 15) is 14.3 Å². The van der Waals surface area contributed by atoms with Crippen LogP contribution in [0, 0.1) is 5.82 Å². The maximum atomic E-state index is 13.0. The van der Waals surface area contributed by atoms with Crippen LogP contribution in [0.15, 0.2) is 39.7 Å². The fraction of sp³-hybridized carbons (Fsp3) is 0.278. The van der Waals surface area contributed by atoms with Crippen LogP contribution in [0.5, 0.6) is 5.75 Å². The van der Waals surface area contributed by atoms with E-state index in [2.05, 4.69) is 9.97 Å². The summed E-state index contributed by atoms with van der Waals surface area (Å²) in [6, 6.07) is 5.99. The van der Waals surface area contributed by atoms with Crippen LogP contribution in [0.1, 0.15) is 31.0 Å². The summed E-state index contributed by atoms with van der Waals surface area (Å²) in [5, 5.41) is 10.2. The van der Waals surface area contributed by atoms with E-state index >= 15 is 0 Å². The fourth-order valence-electron chi connectivity index (χ4n) is 2.62. The molecule has 3 rings (SSSR count). The highest BCUT2D eigenvalue weighted by molar-refractivity contribution is 5.56. The van der Waals surface area contributed by atoms with Crippen LogP contribution in [0.3, 0.4) is 0 Å². The second kappa shape index (κ2) is 6.38. The van der Waals surface area contributed by atoms with Gasteiger partial charge in [0.25, 0.3) is 5.56 Å².